The molecule has 0 saturated heterocycles. The molecule has 266 valence electrons. The normalized spacial score (nSPS) is 16.2. The van der Waals surface area contributed by atoms with Gasteiger partial charge in [-0.2, -0.15) is 0 Å². The maximum Gasteiger partial charge on any atom is 0.254 e. The molecule has 0 saturated carbocycles. The van der Waals surface area contributed by atoms with Gasteiger partial charge >= 0.3 is 0 Å². The molecule has 3 amide bonds. The van der Waals surface area contributed by atoms with Crippen molar-refractivity contribution in [2.75, 3.05) is 53.3 Å². The SMILES string of the molecule is COc1ccc2cc1-c1cc3c(c(c1)OCCCCN(C(=O)Cn1ccnc1C)CCCNC2=O)OCCN(C(=O)c1ccc2c(c1)OCO2)C3. The van der Waals surface area contributed by atoms with Gasteiger partial charge < -0.3 is 43.4 Å². The molecular weight excluding hydrogens is 654 g/mol. The largest absolute Gasteiger partial charge is 0.496 e. The van der Waals surface area contributed by atoms with Crippen LogP contribution in [0.15, 0.2) is 60.9 Å². The van der Waals surface area contributed by atoms with Crippen molar-refractivity contribution in [3.8, 4) is 39.9 Å². The molecule has 0 fully saturated rings. The zero-order valence-corrected chi connectivity index (χ0v) is 28.8. The summed E-state index contributed by atoms with van der Waals surface area (Å²) in [6, 6.07) is 14.3. The highest BCUT2D eigenvalue weighted by Crippen LogP contribution is 2.42. The van der Waals surface area contributed by atoms with Crippen molar-refractivity contribution in [3.05, 3.63) is 83.4 Å². The fraction of sp³-hybridized carbons (Fsp3) is 0.368. The number of carbonyl (C=O) groups excluding carboxylic acids is 3. The van der Waals surface area contributed by atoms with Crippen LogP contribution < -0.4 is 29.0 Å². The van der Waals surface area contributed by atoms with Crippen molar-refractivity contribution in [2.24, 2.45) is 0 Å². The molecule has 0 aliphatic carbocycles. The Labute approximate surface area is 296 Å². The number of amides is 3. The summed E-state index contributed by atoms with van der Waals surface area (Å²) < 4.78 is 31.2. The van der Waals surface area contributed by atoms with Crippen molar-refractivity contribution in [1.29, 1.82) is 0 Å². The zero-order valence-electron chi connectivity index (χ0n) is 28.8. The van der Waals surface area contributed by atoms with Crippen LogP contribution in [0.25, 0.3) is 11.1 Å². The van der Waals surface area contributed by atoms with E-state index in [0.29, 0.717) is 91.1 Å². The maximum atomic E-state index is 13.8. The summed E-state index contributed by atoms with van der Waals surface area (Å²) in [5.41, 5.74) is 3.17. The average Bonchev–Trinajstić information content (AvgIpc) is 3.72. The minimum atomic E-state index is -0.231. The number of benzene rings is 3. The first-order valence-electron chi connectivity index (χ1n) is 17.2. The molecule has 1 N–H and O–H groups in total. The van der Waals surface area contributed by atoms with E-state index in [2.05, 4.69) is 10.3 Å². The number of aryl methyl sites for hydroxylation is 1. The molecule has 4 bridgehead atoms. The predicted octanol–water partition coefficient (Wildman–Crippen LogP) is 4.45. The lowest BCUT2D eigenvalue weighted by atomic mass is 9.98. The summed E-state index contributed by atoms with van der Waals surface area (Å²) in [7, 11) is 1.59. The standard InChI is InChI=1S/C38H41N5O8/c1-25-39-11-14-42(25)23-35(44)41-12-3-4-16-48-34-21-28(30-19-26(6-8-31(30)47-2)37(45)40-10-5-13-41)18-29-22-43(15-17-49-36(29)34)38(46)27-7-9-32-33(20-27)51-24-50-32/h6-9,11,14,18-21H,3-5,10,12-13,15-17,22-24H2,1-2H3,(H,40,45). The van der Waals surface area contributed by atoms with Crippen LogP contribution in [0.2, 0.25) is 0 Å². The summed E-state index contributed by atoms with van der Waals surface area (Å²) in [5, 5.41) is 3.01. The van der Waals surface area contributed by atoms with Crippen molar-refractivity contribution >= 4 is 17.7 Å². The van der Waals surface area contributed by atoms with Gasteiger partial charge in [0.15, 0.2) is 23.0 Å². The average molecular weight is 696 g/mol. The first-order chi connectivity index (χ1) is 24.9. The third-order valence-corrected chi connectivity index (χ3v) is 9.33. The molecule has 0 spiro atoms. The van der Waals surface area contributed by atoms with Crippen molar-refractivity contribution in [2.45, 2.75) is 39.3 Å². The van der Waals surface area contributed by atoms with Gasteiger partial charge in [-0.15, -0.1) is 0 Å². The molecular formula is C38H41N5O8. The Morgan fingerprint density at radius 1 is 0.863 bits per heavy atom. The number of carbonyl (C=O) groups is 3. The number of nitrogens with zero attached hydrogens (tertiary/aromatic N) is 4. The van der Waals surface area contributed by atoms with Gasteiger partial charge in [-0.1, -0.05) is 0 Å². The number of rotatable bonds is 4. The van der Waals surface area contributed by atoms with Gasteiger partial charge in [0, 0.05) is 60.8 Å². The van der Waals surface area contributed by atoms with Gasteiger partial charge in [0.25, 0.3) is 11.8 Å². The van der Waals surface area contributed by atoms with Gasteiger partial charge in [0.1, 0.15) is 24.7 Å². The van der Waals surface area contributed by atoms with E-state index in [1.165, 1.54) is 0 Å². The molecule has 3 aromatic carbocycles. The molecule has 0 unspecified atom stereocenters. The predicted molar refractivity (Wildman–Crippen MR) is 186 cm³/mol. The van der Waals surface area contributed by atoms with E-state index < -0.39 is 0 Å². The van der Waals surface area contributed by atoms with E-state index in [-0.39, 0.29) is 44.2 Å². The third kappa shape index (κ3) is 7.42. The Balaban J connectivity index is 1.18. The molecule has 0 radical (unpaired) electrons. The maximum absolute atomic E-state index is 13.8. The van der Waals surface area contributed by atoms with Crippen LogP contribution in [0.5, 0.6) is 28.7 Å². The van der Waals surface area contributed by atoms with Crippen molar-refractivity contribution in [3.63, 3.8) is 0 Å². The van der Waals surface area contributed by atoms with Gasteiger partial charge in [-0.25, -0.2) is 4.98 Å². The monoisotopic (exact) mass is 695 g/mol. The first-order valence-corrected chi connectivity index (χ1v) is 17.2. The van der Waals surface area contributed by atoms with Crippen LogP contribution in [0.1, 0.15) is 51.4 Å². The Morgan fingerprint density at radius 3 is 2.57 bits per heavy atom. The quantitative estimate of drug-likeness (QED) is 0.329. The number of aromatic nitrogens is 2. The molecule has 4 aromatic rings. The van der Waals surface area contributed by atoms with Crippen LogP contribution in [0.4, 0.5) is 0 Å². The third-order valence-electron chi connectivity index (χ3n) is 9.33. The highest BCUT2D eigenvalue weighted by atomic mass is 16.7. The summed E-state index contributed by atoms with van der Waals surface area (Å²) in [4.78, 5) is 48.3. The van der Waals surface area contributed by atoms with Crippen molar-refractivity contribution < 1.29 is 38.1 Å². The molecule has 1 aromatic heterocycles. The minimum Gasteiger partial charge on any atom is -0.496 e. The Hall–Kier alpha value is -5.72. The van der Waals surface area contributed by atoms with Crippen LogP contribution >= 0.6 is 0 Å². The lowest BCUT2D eigenvalue weighted by Crippen LogP contribution is -2.37. The fourth-order valence-corrected chi connectivity index (χ4v) is 6.55. The summed E-state index contributed by atoms with van der Waals surface area (Å²) in [5.74, 6) is 3.20. The van der Waals surface area contributed by atoms with Gasteiger partial charge in [-0.05, 0) is 80.3 Å². The number of methoxy groups -OCH3 is 1. The van der Waals surface area contributed by atoms with Crippen LogP contribution in [-0.2, 0) is 17.9 Å². The molecule has 13 heteroatoms. The van der Waals surface area contributed by atoms with E-state index in [9.17, 15) is 14.4 Å². The number of hydrogen-bond donors (Lipinski definition) is 1. The number of nitrogens with one attached hydrogen (secondary N) is 1. The fourth-order valence-electron chi connectivity index (χ4n) is 6.55. The highest BCUT2D eigenvalue weighted by molar-refractivity contribution is 5.96. The summed E-state index contributed by atoms with van der Waals surface area (Å²) >= 11 is 0. The van der Waals surface area contributed by atoms with Crippen LogP contribution in [-0.4, -0.2) is 90.4 Å². The van der Waals surface area contributed by atoms with E-state index in [0.717, 1.165) is 23.4 Å². The second-order valence-corrected chi connectivity index (χ2v) is 12.7. The number of ether oxygens (including phenoxy) is 5. The zero-order chi connectivity index (χ0) is 35.3. The molecule has 0 atom stereocenters. The number of fused-ring (bicyclic) bond motifs is 8. The Bertz CT molecular complexity index is 1940. The molecule has 7 rings (SSSR count). The minimum absolute atomic E-state index is 0.00710. The Kier molecular flexibility index (Phi) is 9.95. The molecule has 3 aliphatic heterocycles. The van der Waals surface area contributed by atoms with Crippen LogP contribution in [0, 0.1) is 6.92 Å². The topological polar surface area (TPSA) is 134 Å². The van der Waals surface area contributed by atoms with Gasteiger partial charge in [0.05, 0.1) is 20.3 Å². The number of imidazole rings is 1. The van der Waals surface area contributed by atoms with Crippen molar-refractivity contribution in [1.82, 2.24) is 24.7 Å². The Morgan fingerprint density at radius 2 is 1.73 bits per heavy atom. The van der Waals surface area contributed by atoms with E-state index in [1.807, 2.05) is 28.5 Å². The first kappa shape index (κ1) is 33.8. The lowest BCUT2D eigenvalue weighted by Gasteiger charge is -2.23. The highest BCUT2D eigenvalue weighted by Gasteiger charge is 2.27. The smallest absolute Gasteiger partial charge is 0.254 e. The van der Waals surface area contributed by atoms with E-state index in [4.69, 9.17) is 23.7 Å². The van der Waals surface area contributed by atoms with Gasteiger partial charge in [-0.3, -0.25) is 14.4 Å². The number of hydrogen-bond acceptors (Lipinski definition) is 9. The molecule has 3 aliphatic rings. The molecule has 51 heavy (non-hydrogen) atoms. The molecule has 13 nitrogen and oxygen atoms in total. The summed E-state index contributed by atoms with van der Waals surface area (Å²) in [6.45, 7) is 4.94. The van der Waals surface area contributed by atoms with E-state index in [1.54, 1.807) is 60.8 Å². The second kappa shape index (κ2) is 15.0. The lowest BCUT2D eigenvalue weighted by molar-refractivity contribution is -0.132. The van der Waals surface area contributed by atoms with Crippen LogP contribution in [0.3, 0.4) is 0 Å². The second-order valence-electron chi connectivity index (χ2n) is 12.7. The molecule has 4 heterocycles. The summed E-state index contributed by atoms with van der Waals surface area (Å²) in [6.07, 6.45) is 5.50. The van der Waals surface area contributed by atoms with E-state index >= 15 is 0 Å². The van der Waals surface area contributed by atoms with Gasteiger partial charge in [0.2, 0.25) is 12.7 Å².